The van der Waals surface area contributed by atoms with E-state index in [1.54, 1.807) is 13.2 Å². The minimum Gasteiger partial charge on any atom is -0.372 e. The standard InChI is InChI=1S/C13H15ClN6/c1-16-11-10(7-15)12(20-13(14)19-11)18-6-4-9-3-2-5-17-8-9/h2-3,5,7-8,15H,4,6H2,1H3,(H2,16,18,19,20). The van der Waals surface area contributed by atoms with Crippen LogP contribution < -0.4 is 10.6 Å². The molecule has 0 bridgehead atoms. The van der Waals surface area contributed by atoms with Crippen molar-refractivity contribution in [3.63, 3.8) is 0 Å². The molecule has 7 heteroatoms. The third-order valence-electron chi connectivity index (χ3n) is 2.73. The molecule has 0 fully saturated rings. The van der Waals surface area contributed by atoms with Gasteiger partial charge in [-0.15, -0.1) is 0 Å². The molecule has 3 N–H and O–H groups in total. The second kappa shape index (κ2) is 6.81. The fraction of sp³-hybridized carbons (Fsp3) is 0.231. The molecule has 0 unspecified atom stereocenters. The molecule has 20 heavy (non-hydrogen) atoms. The van der Waals surface area contributed by atoms with Gasteiger partial charge in [-0.25, -0.2) is 4.98 Å². The first-order chi connectivity index (χ1) is 9.74. The molecule has 0 spiro atoms. The van der Waals surface area contributed by atoms with E-state index in [2.05, 4.69) is 25.6 Å². The molecule has 0 amide bonds. The van der Waals surface area contributed by atoms with Crippen LogP contribution in [0, 0.1) is 5.41 Å². The number of hydrogen-bond acceptors (Lipinski definition) is 6. The molecule has 0 aliphatic rings. The number of aromatic nitrogens is 3. The summed E-state index contributed by atoms with van der Waals surface area (Å²) in [5.41, 5.74) is 1.72. The maximum absolute atomic E-state index is 7.46. The third-order valence-corrected chi connectivity index (χ3v) is 2.90. The van der Waals surface area contributed by atoms with Crippen LogP contribution in [0.3, 0.4) is 0 Å². The largest absolute Gasteiger partial charge is 0.372 e. The SMILES string of the molecule is CNc1nc(Cl)nc(NCCc2cccnc2)c1C=N. The van der Waals surface area contributed by atoms with E-state index in [0.29, 0.717) is 23.7 Å². The molecule has 2 aromatic heterocycles. The van der Waals surface area contributed by atoms with Gasteiger partial charge in [-0.05, 0) is 29.7 Å². The second-order valence-electron chi connectivity index (χ2n) is 4.04. The summed E-state index contributed by atoms with van der Waals surface area (Å²) in [6.07, 6.45) is 5.58. The molecule has 0 saturated carbocycles. The highest BCUT2D eigenvalue weighted by atomic mass is 35.5. The van der Waals surface area contributed by atoms with E-state index in [4.69, 9.17) is 17.0 Å². The van der Waals surface area contributed by atoms with Gasteiger partial charge in [-0.2, -0.15) is 4.98 Å². The van der Waals surface area contributed by atoms with Gasteiger partial charge in [0, 0.05) is 32.2 Å². The molecule has 0 atom stereocenters. The lowest BCUT2D eigenvalue weighted by molar-refractivity contribution is 0.987. The third kappa shape index (κ3) is 3.42. The molecule has 0 aliphatic heterocycles. The molecule has 0 aliphatic carbocycles. The number of rotatable bonds is 6. The van der Waals surface area contributed by atoms with Gasteiger partial charge in [0.2, 0.25) is 5.28 Å². The normalized spacial score (nSPS) is 10.1. The number of pyridine rings is 1. The summed E-state index contributed by atoms with van der Waals surface area (Å²) in [5, 5.41) is 13.7. The van der Waals surface area contributed by atoms with Crippen LogP contribution in [0.1, 0.15) is 11.1 Å². The highest BCUT2D eigenvalue weighted by molar-refractivity contribution is 6.28. The Kier molecular flexibility index (Phi) is 4.84. The number of hydrogen-bond donors (Lipinski definition) is 3. The van der Waals surface area contributed by atoms with E-state index in [0.717, 1.165) is 12.0 Å². The van der Waals surface area contributed by atoms with Gasteiger partial charge < -0.3 is 16.0 Å². The van der Waals surface area contributed by atoms with Crippen LogP contribution in [-0.4, -0.2) is 34.8 Å². The molecule has 2 heterocycles. The van der Waals surface area contributed by atoms with Crippen molar-refractivity contribution in [3.05, 3.63) is 40.9 Å². The zero-order chi connectivity index (χ0) is 14.4. The first-order valence-corrected chi connectivity index (χ1v) is 6.51. The highest BCUT2D eigenvalue weighted by Crippen LogP contribution is 2.20. The lowest BCUT2D eigenvalue weighted by Gasteiger charge is -2.11. The van der Waals surface area contributed by atoms with Gasteiger partial charge in [0.05, 0.1) is 5.56 Å². The van der Waals surface area contributed by atoms with Crippen LogP contribution in [0.25, 0.3) is 0 Å². The predicted molar refractivity (Wildman–Crippen MR) is 80.9 cm³/mol. The van der Waals surface area contributed by atoms with Crippen LogP contribution in [0.2, 0.25) is 5.28 Å². The lowest BCUT2D eigenvalue weighted by atomic mass is 10.2. The topological polar surface area (TPSA) is 86.6 Å². The van der Waals surface area contributed by atoms with Crippen molar-refractivity contribution < 1.29 is 0 Å². The van der Waals surface area contributed by atoms with Crippen LogP contribution in [0.15, 0.2) is 24.5 Å². The molecule has 2 aromatic rings. The molecule has 0 aromatic carbocycles. The summed E-state index contributed by atoms with van der Waals surface area (Å²) in [7, 11) is 1.73. The van der Waals surface area contributed by atoms with Crippen LogP contribution in [-0.2, 0) is 6.42 Å². The summed E-state index contributed by atoms with van der Waals surface area (Å²) >= 11 is 5.87. The lowest BCUT2D eigenvalue weighted by Crippen LogP contribution is -2.11. The molecular weight excluding hydrogens is 276 g/mol. The Morgan fingerprint density at radius 2 is 2.15 bits per heavy atom. The van der Waals surface area contributed by atoms with Crippen LogP contribution in [0.4, 0.5) is 11.6 Å². The van der Waals surface area contributed by atoms with E-state index >= 15 is 0 Å². The summed E-state index contributed by atoms with van der Waals surface area (Å²) in [5.74, 6) is 1.08. The fourth-order valence-corrected chi connectivity index (χ4v) is 1.94. The van der Waals surface area contributed by atoms with E-state index in [1.165, 1.54) is 6.21 Å². The zero-order valence-electron chi connectivity index (χ0n) is 11.0. The van der Waals surface area contributed by atoms with Crippen molar-refractivity contribution in [2.24, 2.45) is 0 Å². The van der Waals surface area contributed by atoms with E-state index in [9.17, 15) is 0 Å². The van der Waals surface area contributed by atoms with Crippen molar-refractivity contribution in [2.75, 3.05) is 24.2 Å². The Labute approximate surface area is 122 Å². The summed E-state index contributed by atoms with van der Waals surface area (Å²) in [4.78, 5) is 12.2. The highest BCUT2D eigenvalue weighted by Gasteiger charge is 2.10. The molecule has 6 nitrogen and oxygen atoms in total. The maximum Gasteiger partial charge on any atom is 0.226 e. The fourth-order valence-electron chi connectivity index (χ4n) is 1.78. The summed E-state index contributed by atoms with van der Waals surface area (Å²) in [6, 6.07) is 3.91. The molecular formula is C13H15ClN6. The van der Waals surface area contributed by atoms with Gasteiger partial charge in [0.1, 0.15) is 11.6 Å². The molecule has 104 valence electrons. The summed E-state index contributed by atoms with van der Waals surface area (Å²) in [6.45, 7) is 0.670. The Bertz CT molecular complexity index is 587. The Morgan fingerprint density at radius 3 is 2.80 bits per heavy atom. The van der Waals surface area contributed by atoms with Crippen molar-refractivity contribution in [3.8, 4) is 0 Å². The van der Waals surface area contributed by atoms with Gasteiger partial charge >= 0.3 is 0 Å². The average molecular weight is 291 g/mol. The zero-order valence-corrected chi connectivity index (χ0v) is 11.8. The average Bonchev–Trinajstić information content (AvgIpc) is 2.47. The van der Waals surface area contributed by atoms with Gasteiger partial charge in [0.15, 0.2) is 0 Å². The first kappa shape index (κ1) is 14.2. The minimum atomic E-state index is 0.142. The van der Waals surface area contributed by atoms with Gasteiger partial charge in [-0.3, -0.25) is 4.98 Å². The van der Waals surface area contributed by atoms with Crippen LogP contribution >= 0.6 is 11.6 Å². The Hall–Kier alpha value is -2.21. The Morgan fingerprint density at radius 1 is 1.35 bits per heavy atom. The van der Waals surface area contributed by atoms with E-state index in [-0.39, 0.29) is 5.28 Å². The molecule has 0 radical (unpaired) electrons. The first-order valence-electron chi connectivity index (χ1n) is 6.13. The van der Waals surface area contributed by atoms with Crippen molar-refractivity contribution in [1.82, 2.24) is 15.0 Å². The maximum atomic E-state index is 7.46. The quantitative estimate of drug-likeness (QED) is 0.561. The number of nitrogens with one attached hydrogen (secondary N) is 3. The number of halogens is 1. The van der Waals surface area contributed by atoms with Crippen molar-refractivity contribution in [2.45, 2.75) is 6.42 Å². The van der Waals surface area contributed by atoms with Crippen molar-refractivity contribution in [1.29, 1.82) is 5.41 Å². The van der Waals surface area contributed by atoms with E-state index < -0.39 is 0 Å². The second-order valence-corrected chi connectivity index (χ2v) is 4.37. The number of anilines is 2. The predicted octanol–water partition coefficient (Wildman–Crippen LogP) is 2.22. The van der Waals surface area contributed by atoms with E-state index in [1.807, 2.05) is 18.3 Å². The Balaban J connectivity index is 2.09. The number of nitrogens with zero attached hydrogens (tertiary/aromatic N) is 3. The van der Waals surface area contributed by atoms with Crippen molar-refractivity contribution >= 4 is 29.5 Å². The van der Waals surface area contributed by atoms with Crippen LogP contribution in [0.5, 0.6) is 0 Å². The molecule has 0 saturated heterocycles. The smallest absolute Gasteiger partial charge is 0.226 e. The molecule has 2 rings (SSSR count). The van der Waals surface area contributed by atoms with Gasteiger partial charge in [0.25, 0.3) is 0 Å². The monoisotopic (exact) mass is 290 g/mol. The minimum absolute atomic E-state index is 0.142. The van der Waals surface area contributed by atoms with Gasteiger partial charge in [-0.1, -0.05) is 6.07 Å². The summed E-state index contributed by atoms with van der Waals surface area (Å²) < 4.78 is 0.